The maximum absolute atomic E-state index is 12.6. The van der Waals surface area contributed by atoms with Crippen LogP contribution < -0.4 is 4.31 Å². The lowest BCUT2D eigenvalue weighted by Crippen LogP contribution is -2.27. The Morgan fingerprint density at radius 3 is 2.33 bits per heavy atom. The average molecular weight is 326 g/mol. The van der Waals surface area contributed by atoms with E-state index < -0.39 is 10.0 Å². The normalized spacial score (nSPS) is 11.4. The lowest BCUT2D eigenvalue weighted by atomic mass is 10.2. The molecule has 112 valence electrons. The molecule has 0 radical (unpaired) electrons. The van der Waals surface area contributed by atoms with E-state index in [1.807, 2.05) is 6.92 Å². The van der Waals surface area contributed by atoms with Gasteiger partial charge in [-0.05, 0) is 37.3 Å². The first kappa shape index (κ1) is 15.8. The van der Waals surface area contributed by atoms with E-state index >= 15 is 0 Å². The van der Waals surface area contributed by atoms with Gasteiger partial charge in [0.2, 0.25) is 0 Å². The maximum atomic E-state index is 12.6. The molecule has 4 nitrogen and oxygen atoms in total. The Balaban J connectivity index is 2.48. The molecule has 0 aromatic heterocycles. The van der Waals surface area contributed by atoms with Crippen molar-refractivity contribution in [2.45, 2.75) is 18.4 Å². The first-order chi connectivity index (χ1) is 9.86. The summed E-state index contributed by atoms with van der Waals surface area (Å²) in [5, 5.41) is 9.83. The van der Waals surface area contributed by atoms with Gasteiger partial charge >= 0.3 is 0 Å². The summed E-state index contributed by atoms with van der Waals surface area (Å²) < 4.78 is 26.4. The molecule has 0 heterocycles. The summed E-state index contributed by atoms with van der Waals surface area (Å²) in [4.78, 5) is 0.203. The van der Waals surface area contributed by atoms with E-state index in [9.17, 15) is 13.5 Å². The van der Waals surface area contributed by atoms with Gasteiger partial charge in [-0.15, -0.1) is 0 Å². The zero-order valence-corrected chi connectivity index (χ0v) is 13.3. The number of hydrogen-bond acceptors (Lipinski definition) is 3. The van der Waals surface area contributed by atoms with Crippen molar-refractivity contribution >= 4 is 27.3 Å². The molecule has 0 atom stereocenters. The van der Waals surface area contributed by atoms with E-state index in [0.717, 1.165) is 9.87 Å². The standard InChI is InChI=1S/C15H16ClNO3S/c1-11-3-6-14(7-4-11)21(19,20)17(2)15-8-5-13(16)9-12(15)10-18/h3-9,18H,10H2,1-2H3. The van der Waals surface area contributed by atoms with E-state index in [0.29, 0.717) is 16.3 Å². The van der Waals surface area contributed by atoms with E-state index in [4.69, 9.17) is 11.6 Å². The smallest absolute Gasteiger partial charge is 0.264 e. The van der Waals surface area contributed by atoms with Crippen molar-refractivity contribution < 1.29 is 13.5 Å². The average Bonchev–Trinajstić information content (AvgIpc) is 2.46. The third-order valence-electron chi connectivity index (χ3n) is 3.23. The fourth-order valence-electron chi connectivity index (χ4n) is 1.99. The van der Waals surface area contributed by atoms with Crippen LogP contribution in [0.25, 0.3) is 0 Å². The summed E-state index contributed by atoms with van der Waals surface area (Å²) in [6, 6.07) is 11.4. The van der Waals surface area contributed by atoms with Gasteiger partial charge in [-0.1, -0.05) is 29.3 Å². The third kappa shape index (κ3) is 3.20. The Morgan fingerprint density at radius 2 is 1.76 bits per heavy atom. The van der Waals surface area contributed by atoms with Crippen molar-refractivity contribution in [2.24, 2.45) is 0 Å². The second-order valence-corrected chi connectivity index (χ2v) is 7.12. The molecular formula is C15H16ClNO3S. The summed E-state index contributed by atoms with van der Waals surface area (Å²) in [5.74, 6) is 0. The first-order valence-electron chi connectivity index (χ1n) is 6.31. The number of halogens is 1. The van der Waals surface area contributed by atoms with Crippen molar-refractivity contribution in [3.05, 3.63) is 58.6 Å². The summed E-state index contributed by atoms with van der Waals surface area (Å²) in [5.41, 5.74) is 1.85. The van der Waals surface area contributed by atoms with Crippen LogP contribution in [-0.4, -0.2) is 20.6 Å². The number of hydrogen-bond donors (Lipinski definition) is 1. The highest BCUT2D eigenvalue weighted by molar-refractivity contribution is 7.92. The number of sulfonamides is 1. The van der Waals surface area contributed by atoms with Gasteiger partial charge in [0.25, 0.3) is 10.0 Å². The quantitative estimate of drug-likeness (QED) is 0.940. The second kappa shape index (κ2) is 6.05. The molecule has 1 N–H and O–H groups in total. The van der Waals surface area contributed by atoms with Crippen molar-refractivity contribution in [3.8, 4) is 0 Å². The number of aryl methyl sites for hydroxylation is 1. The molecular weight excluding hydrogens is 310 g/mol. The fraction of sp³-hybridized carbons (Fsp3) is 0.200. The number of benzene rings is 2. The number of rotatable bonds is 4. The molecule has 0 amide bonds. The van der Waals surface area contributed by atoms with E-state index in [2.05, 4.69) is 0 Å². The van der Waals surface area contributed by atoms with E-state index in [1.54, 1.807) is 42.5 Å². The topological polar surface area (TPSA) is 57.6 Å². The van der Waals surface area contributed by atoms with Gasteiger partial charge in [-0.3, -0.25) is 4.31 Å². The number of aliphatic hydroxyl groups excluding tert-OH is 1. The lowest BCUT2D eigenvalue weighted by Gasteiger charge is -2.22. The highest BCUT2D eigenvalue weighted by Gasteiger charge is 2.23. The SMILES string of the molecule is Cc1ccc(S(=O)(=O)N(C)c2ccc(Cl)cc2CO)cc1. The Bertz CT molecular complexity index is 742. The van der Waals surface area contributed by atoms with Crippen LogP contribution in [0.5, 0.6) is 0 Å². The molecule has 0 aliphatic carbocycles. The summed E-state index contributed by atoms with van der Waals surface area (Å²) in [6.45, 7) is 1.60. The first-order valence-corrected chi connectivity index (χ1v) is 8.13. The number of nitrogens with zero attached hydrogens (tertiary/aromatic N) is 1. The largest absolute Gasteiger partial charge is 0.392 e. The van der Waals surface area contributed by atoms with Crippen LogP contribution in [-0.2, 0) is 16.6 Å². The van der Waals surface area contributed by atoms with Crippen LogP contribution in [0, 0.1) is 6.92 Å². The van der Waals surface area contributed by atoms with Gasteiger partial charge in [-0.2, -0.15) is 0 Å². The zero-order chi connectivity index (χ0) is 15.6. The predicted octanol–water partition coefficient (Wildman–Crippen LogP) is 2.97. The van der Waals surface area contributed by atoms with Crippen LogP contribution in [0.1, 0.15) is 11.1 Å². The molecule has 0 spiro atoms. The van der Waals surface area contributed by atoms with Gasteiger partial charge in [-0.25, -0.2) is 8.42 Å². The molecule has 2 rings (SSSR count). The number of aliphatic hydroxyl groups is 1. The number of anilines is 1. The molecule has 21 heavy (non-hydrogen) atoms. The van der Waals surface area contributed by atoms with Gasteiger partial charge in [0.1, 0.15) is 0 Å². The molecule has 2 aromatic rings. The Labute approximate surface area is 129 Å². The summed E-state index contributed by atoms with van der Waals surface area (Å²) in [6.07, 6.45) is 0. The monoisotopic (exact) mass is 325 g/mol. The van der Waals surface area contributed by atoms with E-state index in [1.165, 1.54) is 7.05 Å². The molecule has 0 saturated carbocycles. The van der Waals surface area contributed by atoms with Gasteiger partial charge in [0.05, 0.1) is 17.2 Å². The van der Waals surface area contributed by atoms with Crippen LogP contribution in [0.15, 0.2) is 47.4 Å². The summed E-state index contributed by atoms with van der Waals surface area (Å²) in [7, 11) is -2.22. The zero-order valence-electron chi connectivity index (χ0n) is 11.7. The van der Waals surface area contributed by atoms with Crippen molar-refractivity contribution in [2.75, 3.05) is 11.4 Å². The minimum absolute atomic E-state index is 0.203. The minimum Gasteiger partial charge on any atom is -0.392 e. The van der Waals surface area contributed by atoms with Gasteiger partial charge in [0, 0.05) is 17.6 Å². The molecule has 0 bridgehead atoms. The predicted molar refractivity (Wildman–Crippen MR) is 84.1 cm³/mol. The molecule has 0 aliphatic rings. The third-order valence-corrected chi connectivity index (χ3v) is 5.25. The molecule has 6 heteroatoms. The molecule has 0 unspecified atom stereocenters. The molecule has 2 aromatic carbocycles. The van der Waals surface area contributed by atoms with Crippen LogP contribution >= 0.6 is 11.6 Å². The molecule has 0 saturated heterocycles. The second-order valence-electron chi connectivity index (χ2n) is 4.72. The van der Waals surface area contributed by atoms with Gasteiger partial charge in [0.15, 0.2) is 0 Å². The highest BCUT2D eigenvalue weighted by Crippen LogP contribution is 2.28. The Kier molecular flexibility index (Phi) is 4.56. The van der Waals surface area contributed by atoms with Crippen molar-refractivity contribution in [3.63, 3.8) is 0 Å². The fourth-order valence-corrected chi connectivity index (χ4v) is 3.41. The molecule has 0 aliphatic heterocycles. The molecule has 0 fully saturated rings. The van der Waals surface area contributed by atoms with Crippen LogP contribution in [0.2, 0.25) is 5.02 Å². The Morgan fingerprint density at radius 1 is 1.14 bits per heavy atom. The highest BCUT2D eigenvalue weighted by atomic mass is 35.5. The van der Waals surface area contributed by atoms with Crippen molar-refractivity contribution in [1.82, 2.24) is 0 Å². The van der Waals surface area contributed by atoms with Crippen LogP contribution in [0.4, 0.5) is 5.69 Å². The van der Waals surface area contributed by atoms with Crippen molar-refractivity contribution in [1.29, 1.82) is 0 Å². The maximum Gasteiger partial charge on any atom is 0.264 e. The van der Waals surface area contributed by atoms with Gasteiger partial charge < -0.3 is 5.11 Å². The lowest BCUT2D eigenvalue weighted by molar-refractivity contribution is 0.282. The Hall–Kier alpha value is -1.56. The van der Waals surface area contributed by atoms with Crippen LogP contribution in [0.3, 0.4) is 0 Å². The van der Waals surface area contributed by atoms with E-state index in [-0.39, 0.29) is 11.5 Å². The summed E-state index contributed by atoms with van der Waals surface area (Å²) >= 11 is 5.87. The minimum atomic E-state index is -3.68.